The van der Waals surface area contributed by atoms with Crippen molar-refractivity contribution in [3.63, 3.8) is 0 Å². The molecule has 0 aliphatic heterocycles. The molecule has 2 aromatic carbocycles. The van der Waals surface area contributed by atoms with Gasteiger partial charge >= 0.3 is 5.97 Å². The molecule has 0 aliphatic carbocycles. The van der Waals surface area contributed by atoms with Crippen molar-refractivity contribution in [1.82, 2.24) is 10.3 Å². The molecule has 3 atom stereocenters. The van der Waals surface area contributed by atoms with Crippen LogP contribution in [0.2, 0.25) is 5.02 Å². The van der Waals surface area contributed by atoms with Crippen molar-refractivity contribution in [2.24, 2.45) is 0 Å². The fourth-order valence-electron chi connectivity index (χ4n) is 3.61. The van der Waals surface area contributed by atoms with E-state index >= 15 is 0 Å². The Kier molecular flexibility index (Phi) is 9.35. The Balaban J connectivity index is 1.82. The van der Waals surface area contributed by atoms with Crippen molar-refractivity contribution >= 4 is 23.5 Å². The third-order valence-electron chi connectivity index (χ3n) is 5.60. The normalized spacial score (nSPS) is 13.1. The van der Waals surface area contributed by atoms with Crippen LogP contribution in [0.15, 0.2) is 48.7 Å². The van der Waals surface area contributed by atoms with Gasteiger partial charge in [0.1, 0.15) is 29.5 Å². The van der Waals surface area contributed by atoms with Gasteiger partial charge in [-0.25, -0.2) is 14.2 Å². The molecule has 0 bridgehead atoms. The molecule has 2 N–H and O–H groups in total. The molecular formula is C27H28ClFN2O7. The lowest BCUT2D eigenvalue weighted by Crippen LogP contribution is -2.42. The number of aromatic nitrogens is 1. The summed E-state index contributed by atoms with van der Waals surface area (Å²) in [6.07, 6.45) is -0.615. The predicted octanol–water partition coefficient (Wildman–Crippen LogP) is 4.78. The summed E-state index contributed by atoms with van der Waals surface area (Å²) in [4.78, 5) is 29.4. The first-order valence-corrected chi connectivity index (χ1v) is 11.9. The van der Waals surface area contributed by atoms with Crippen LogP contribution in [0.1, 0.15) is 41.6 Å². The van der Waals surface area contributed by atoms with E-state index in [4.69, 9.17) is 30.5 Å². The molecule has 3 rings (SSSR count). The lowest BCUT2D eigenvalue weighted by atomic mass is 10.0. The molecule has 1 aromatic heterocycles. The SMILES string of the molecule is COc1cc(F)ccc1[C@@H](Oc1ccc(C)cc1Cl)[C@H](C)OC(=O)C(C)NC(=O)c1nccc(OC)c1O. The minimum absolute atomic E-state index is 0.0528. The van der Waals surface area contributed by atoms with Crippen LogP contribution in [0.4, 0.5) is 4.39 Å². The van der Waals surface area contributed by atoms with Crippen LogP contribution >= 0.6 is 11.6 Å². The quantitative estimate of drug-likeness (QED) is 0.349. The number of amides is 1. The standard InChI is InChI=1S/C27H28ClFN2O7/c1-14-6-9-20(19(28)12-14)38-25(18-8-7-17(29)13-22(18)36-5)16(3)37-27(34)15(2)31-26(33)23-24(32)21(35-4)10-11-30-23/h6-13,15-16,25,32H,1-5H3,(H,31,33)/t15?,16-,25-/m0/s1. The second-order valence-corrected chi connectivity index (χ2v) is 8.81. The number of nitrogens with one attached hydrogen (secondary N) is 1. The summed E-state index contributed by atoms with van der Waals surface area (Å²) in [5.41, 5.74) is 1.01. The van der Waals surface area contributed by atoms with Crippen LogP contribution in [0.25, 0.3) is 0 Å². The summed E-state index contributed by atoms with van der Waals surface area (Å²) in [5, 5.41) is 12.9. The number of methoxy groups -OCH3 is 2. The van der Waals surface area contributed by atoms with Crippen LogP contribution in [-0.4, -0.2) is 48.3 Å². The molecular weight excluding hydrogens is 519 g/mol. The number of carbonyl (C=O) groups is 2. The molecule has 1 amide bonds. The van der Waals surface area contributed by atoms with Crippen molar-refractivity contribution in [2.75, 3.05) is 14.2 Å². The van der Waals surface area contributed by atoms with E-state index in [1.54, 1.807) is 25.1 Å². The molecule has 0 saturated carbocycles. The number of carbonyl (C=O) groups excluding carboxylic acids is 2. The molecule has 3 aromatic rings. The number of halogens is 2. The van der Waals surface area contributed by atoms with Crippen molar-refractivity contribution in [3.8, 4) is 23.0 Å². The maximum atomic E-state index is 13.9. The molecule has 1 unspecified atom stereocenters. The average Bonchev–Trinajstić information content (AvgIpc) is 2.88. The predicted molar refractivity (Wildman–Crippen MR) is 137 cm³/mol. The number of pyridine rings is 1. The van der Waals surface area contributed by atoms with Gasteiger partial charge in [-0.1, -0.05) is 17.7 Å². The number of aryl methyl sites for hydroxylation is 1. The number of esters is 1. The topological polar surface area (TPSA) is 116 Å². The molecule has 9 nitrogen and oxygen atoms in total. The molecule has 38 heavy (non-hydrogen) atoms. The lowest BCUT2D eigenvalue weighted by molar-refractivity contribution is -0.154. The number of ether oxygens (including phenoxy) is 4. The van der Waals surface area contributed by atoms with Gasteiger partial charge in [0.25, 0.3) is 5.91 Å². The smallest absolute Gasteiger partial charge is 0.328 e. The summed E-state index contributed by atoms with van der Waals surface area (Å²) in [5.74, 6) is -2.03. The van der Waals surface area contributed by atoms with E-state index < -0.39 is 41.7 Å². The van der Waals surface area contributed by atoms with E-state index in [1.807, 2.05) is 6.92 Å². The Hall–Kier alpha value is -4.05. The number of rotatable bonds is 10. The molecule has 0 fully saturated rings. The second kappa shape index (κ2) is 12.5. The van der Waals surface area contributed by atoms with Gasteiger partial charge in [0, 0.05) is 23.9 Å². The number of nitrogens with zero attached hydrogens (tertiary/aromatic N) is 1. The highest BCUT2D eigenvalue weighted by Crippen LogP contribution is 2.36. The van der Waals surface area contributed by atoms with E-state index in [1.165, 1.54) is 51.6 Å². The van der Waals surface area contributed by atoms with E-state index in [0.717, 1.165) is 5.56 Å². The van der Waals surface area contributed by atoms with Gasteiger partial charge in [-0.3, -0.25) is 4.79 Å². The number of benzene rings is 2. The van der Waals surface area contributed by atoms with Crippen molar-refractivity contribution in [1.29, 1.82) is 0 Å². The monoisotopic (exact) mass is 546 g/mol. The molecule has 0 spiro atoms. The van der Waals surface area contributed by atoms with Gasteiger partial charge in [0.15, 0.2) is 23.3 Å². The van der Waals surface area contributed by atoms with Crippen molar-refractivity contribution in [2.45, 2.75) is 39.0 Å². The first kappa shape index (κ1) is 28.5. The third kappa shape index (κ3) is 6.63. The lowest BCUT2D eigenvalue weighted by Gasteiger charge is -2.28. The summed E-state index contributed by atoms with van der Waals surface area (Å²) in [7, 11) is 2.71. The van der Waals surface area contributed by atoms with E-state index in [-0.39, 0.29) is 17.2 Å². The molecule has 0 aliphatic rings. The highest BCUT2D eigenvalue weighted by Gasteiger charge is 2.31. The number of hydrogen-bond acceptors (Lipinski definition) is 8. The number of hydrogen-bond donors (Lipinski definition) is 2. The minimum atomic E-state index is -1.13. The largest absolute Gasteiger partial charge is 0.503 e. The zero-order chi connectivity index (χ0) is 28.0. The molecule has 202 valence electrons. The summed E-state index contributed by atoms with van der Waals surface area (Å²) in [6, 6.07) is 9.33. The van der Waals surface area contributed by atoms with Crippen LogP contribution in [0.3, 0.4) is 0 Å². The van der Waals surface area contributed by atoms with E-state index in [0.29, 0.717) is 16.3 Å². The first-order valence-electron chi connectivity index (χ1n) is 11.5. The van der Waals surface area contributed by atoms with Crippen LogP contribution in [0.5, 0.6) is 23.0 Å². The fourth-order valence-corrected chi connectivity index (χ4v) is 3.89. The summed E-state index contributed by atoms with van der Waals surface area (Å²) >= 11 is 6.36. The third-order valence-corrected chi connectivity index (χ3v) is 5.89. The van der Waals surface area contributed by atoms with Gasteiger partial charge in [-0.15, -0.1) is 0 Å². The Morgan fingerprint density at radius 3 is 2.39 bits per heavy atom. The van der Waals surface area contributed by atoms with Gasteiger partial charge in [-0.2, -0.15) is 0 Å². The zero-order valence-electron chi connectivity index (χ0n) is 21.5. The average molecular weight is 547 g/mol. The van der Waals surface area contributed by atoms with E-state index in [2.05, 4.69) is 10.3 Å². The maximum Gasteiger partial charge on any atom is 0.328 e. The van der Waals surface area contributed by atoms with Crippen LogP contribution in [0, 0.1) is 12.7 Å². The Morgan fingerprint density at radius 1 is 1.03 bits per heavy atom. The molecule has 1 heterocycles. The van der Waals surface area contributed by atoms with Gasteiger partial charge in [0.05, 0.1) is 19.2 Å². The van der Waals surface area contributed by atoms with Crippen molar-refractivity contribution in [3.05, 3.63) is 76.3 Å². The highest BCUT2D eigenvalue weighted by atomic mass is 35.5. The fraction of sp³-hybridized carbons (Fsp3) is 0.296. The van der Waals surface area contributed by atoms with Crippen LogP contribution < -0.4 is 19.5 Å². The maximum absolute atomic E-state index is 13.9. The Morgan fingerprint density at radius 2 is 1.74 bits per heavy atom. The Labute approximate surface area is 224 Å². The summed E-state index contributed by atoms with van der Waals surface area (Å²) < 4.78 is 36.0. The van der Waals surface area contributed by atoms with Crippen LogP contribution in [-0.2, 0) is 9.53 Å². The summed E-state index contributed by atoms with van der Waals surface area (Å²) in [6.45, 7) is 4.86. The molecule has 0 radical (unpaired) electrons. The highest BCUT2D eigenvalue weighted by molar-refractivity contribution is 6.32. The van der Waals surface area contributed by atoms with Crippen molar-refractivity contribution < 1.29 is 38.0 Å². The second-order valence-electron chi connectivity index (χ2n) is 8.41. The minimum Gasteiger partial charge on any atom is -0.503 e. The molecule has 0 saturated heterocycles. The van der Waals surface area contributed by atoms with E-state index in [9.17, 15) is 19.1 Å². The van der Waals surface area contributed by atoms with Gasteiger partial charge in [-0.05, 0) is 50.6 Å². The number of aromatic hydroxyl groups is 1. The van der Waals surface area contributed by atoms with Gasteiger partial charge in [0.2, 0.25) is 0 Å². The Bertz CT molecular complexity index is 1320. The van der Waals surface area contributed by atoms with Gasteiger partial charge < -0.3 is 29.4 Å². The first-order chi connectivity index (χ1) is 18.0. The zero-order valence-corrected chi connectivity index (χ0v) is 22.2. The molecule has 11 heteroatoms.